The van der Waals surface area contributed by atoms with E-state index in [4.69, 9.17) is 4.42 Å². The summed E-state index contributed by atoms with van der Waals surface area (Å²) in [4.78, 5) is 0. The van der Waals surface area contributed by atoms with Crippen LogP contribution < -0.4 is 0 Å². The quantitative estimate of drug-likeness (QED) is 0.136. The molecule has 0 radical (unpaired) electrons. The van der Waals surface area contributed by atoms with Crippen LogP contribution in [-0.4, -0.2) is 0 Å². The third kappa shape index (κ3) is 4.77. The summed E-state index contributed by atoms with van der Waals surface area (Å²) in [6, 6.07) is 53.3. The van der Waals surface area contributed by atoms with Gasteiger partial charge in [0.2, 0.25) is 0 Å². The molecule has 0 bridgehead atoms. The van der Waals surface area contributed by atoms with E-state index >= 15 is 0 Å². The van der Waals surface area contributed by atoms with E-state index in [1.807, 2.05) is 19.1 Å². The van der Waals surface area contributed by atoms with Crippen molar-refractivity contribution in [2.45, 2.75) is 26.2 Å². The largest absolute Gasteiger partial charge is 0.455 e. The molecular weight excluding hydrogens is 617 g/mol. The van der Waals surface area contributed by atoms with Crippen molar-refractivity contribution in [2.75, 3.05) is 0 Å². The van der Waals surface area contributed by atoms with Gasteiger partial charge in [-0.15, -0.1) is 0 Å². The Hall–Kier alpha value is -6.18. The lowest BCUT2D eigenvalue weighted by atomic mass is 9.82. The highest BCUT2D eigenvalue weighted by Crippen LogP contribution is 2.50. The van der Waals surface area contributed by atoms with Crippen LogP contribution in [0.15, 0.2) is 175 Å². The molecule has 1 aliphatic rings. The van der Waals surface area contributed by atoms with Crippen molar-refractivity contribution in [2.24, 2.45) is 0 Å². The number of fused-ring (bicyclic) bond motifs is 13. The number of para-hydroxylation sites is 1. The monoisotopic (exact) mass is 654 g/mol. The SMILES string of the molecule is C=C/C=C\C.CC1(C)c2ccccc2-c2cc(-c3cccc(-c4cccc5c4oc4c5ccc5c6ccccc6c6ccccc6c54)c3)ccc21. The molecule has 0 amide bonds. The van der Waals surface area contributed by atoms with E-state index in [0.29, 0.717) is 0 Å². The van der Waals surface area contributed by atoms with Crippen molar-refractivity contribution in [1.82, 2.24) is 0 Å². The summed E-state index contributed by atoms with van der Waals surface area (Å²) in [5.74, 6) is 0. The fourth-order valence-corrected chi connectivity index (χ4v) is 8.37. The van der Waals surface area contributed by atoms with Crippen molar-refractivity contribution < 1.29 is 4.42 Å². The predicted octanol–water partition coefficient (Wildman–Crippen LogP) is 14.4. The first-order valence-electron chi connectivity index (χ1n) is 17.8. The molecule has 244 valence electrons. The average molecular weight is 655 g/mol. The maximum atomic E-state index is 6.98. The maximum Gasteiger partial charge on any atom is 0.143 e. The van der Waals surface area contributed by atoms with Crippen LogP contribution in [0, 0.1) is 0 Å². The van der Waals surface area contributed by atoms with Crippen LogP contribution in [0.1, 0.15) is 31.9 Å². The van der Waals surface area contributed by atoms with Crippen LogP contribution in [-0.2, 0) is 5.41 Å². The molecule has 0 saturated heterocycles. The number of benzene rings is 8. The third-order valence-corrected chi connectivity index (χ3v) is 10.8. The Kier molecular flexibility index (Phi) is 7.26. The summed E-state index contributed by atoms with van der Waals surface area (Å²) >= 11 is 0. The van der Waals surface area contributed by atoms with E-state index in [1.165, 1.54) is 65.7 Å². The summed E-state index contributed by atoms with van der Waals surface area (Å²) in [7, 11) is 0. The normalized spacial score (nSPS) is 13.2. The van der Waals surface area contributed by atoms with Crippen molar-refractivity contribution in [3.8, 4) is 33.4 Å². The van der Waals surface area contributed by atoms with Crippen molar-refractivity contribution in [1.29, 1.82) is 0 Å². The second-order valence-electron chi connectivity index (χ2n) is 14.0. The molecule has 51 heavy (non-hydrogen) atoms. The van der Waals surface area contributed by atoms with Crippen LogP contribution >= 0.6 is 0 Å². The number of hydrogen-bond acceptors (Lipinski definition) is 1. The zero-order valence-electron chi connectivity index (χ0n) is 29.2. The number of furan rings is 1. The Bertz CT molecular complexity index is 2820. The third-order valence-electron chi connectivity index (χ3n) is 10.8. The van der Waals surface area contributed by atoms with Crippen LogP contribution in [0.2, 0.25) is 0 Å². The molecule has 0 spiro atoms. The highest BCUT2D eigenvalue weighted by atomic mass is 16.3. The molecule has 0 saturated carbocycles. The Morgan fingerprint density at radius 2 is 1.02 bits per heavy atom. The van der Waals surface area contributed by atoms with Gasteiger partial charge in [-0.25, -0.2) is 0 Å². The minimum atomic E-state index is 0.00499. The second kappa shape index (κ2) is 12.0. The van der Waals surface area contributed by atoms with E-state index in [2.05, 4.69) is 166 Å². The molecule has 0 atom stereocenters. The van der Waals surface area contributed by atoms with Crippen LogP contribution in [0.25, 0.3) is 87.6 Å². The van der Waals surface area contributed by atoms with Crippen LogP contribution in [0.5, 0.6) is 0 Å². The standard InChI is InChI=1S/C45H30O.C5H8/c1-45(2)40-20-8-7-16-34(40)39-26-28(21-24-41(39)45)27-11-9-12-29(25-27)30-18-10-19-37-38-23-22-36-33-15-4-3-13-31(33)32-14-5-6-17-35(32)42(36)44(38)46-43(30)37;1-3-5-4-2/h3-26H,1-2H3;3-5H,1H2,2H3/b;5-4-. The Morgan fingerprint density at radius 3 is 1.76 bits per heavy atom. The first-order valence-corrected chi connectivity index (χ1v) is 17.8. The second-order valence-corrected chi connectivity index (χ2v) is 14.0. The fourth-order valence-electron chi connectivity index (χ4n) is 8.37. The summed E-state index contributed by atoms with van der Waals surface area (Å²) in [6.07, 6.45) is 5.58. The van der Waals surface area contributed by atoms with E-state index in [1.54, 1.807) is 6.08 Å². The number of hydrogen-bond donors (Lipinski definition) is 0. The minimum absolute atomic E-state index is 0.00499. The molecule has 1 heterocycles. The summed E-state index contributed by atoms with van der Waals surface area (Å²) in [5.41, 5.74) is 12.1. The molecular formula is C50H38O. The first-order chi connectivity index (χ1) is 25.0. The van der Waals surface area contributed by atoms with Crippen molar-refractivity contribution in [3.05, 3.63) is 182 Å². The Labute approximate surface area is 298 Å². The van der Waals surface area contributed by atoms with Gasteiger partial charge in [0.25, 0.3) is 0 Å². The summed E-state index contributed by atoms with van der Waals surface area (Å²) < 4.78 is 6.98. The molecule has 0 unspecified atom stereocenters. The first kappa shape index (κ1) is 30.8. The smallest absolute Gasteiger partial charge is 0.143 e. The molecule has 1 nitrogen and oxygen atoms in total. The van der Waals surface area contributed by atoms with Gasteiger partial charge in [0, 0.05) is 27.1 Å². The van der Waals surface area contributed by atoms with Gasteiger partial charge in [0.15, 0.2) is 0 Å². The molecule has 1 heteroatoms. The van der Waals surface area contributed by atoms with Gasteiger partial charge in [0.05, 0.1) is 0 Å². The Balaban J connectivity index is 0.000000654. The topological polar surface area (TPSA) is 13.1 Å². The highest BCUT2D eigenvalue weighted by Gasteiger charge is 2.35. The minimum Gasteiger partial charge on any atom is -0.455 e. The molecule has 0 fully saturated rings. The van der Waals surface area contributed by atoms with E-state index in [9.17, 15) is 0 Å². The summed E-state index contributed by atoms with van der Waals surface area (Å²) in [5, 5.41) is 9.73. The van der Waals surface area contributed by atoms with Gasteiger partial charge in [0.1, 0.15) is 11.2 Å². The van der Waals surface area contributed by atoms with E-state index in [0.717, 1.165) is 33.1 Å². The molecule has 0 aliphatic heterocycles. The van der Waals surface area contributed by atoms with Crippen LogP contribution in [0.4, 0.5) is 0 Å². The van der Waals surface area contributed by atoms with Gasteiger partial charge in [-0.3, -0.25) is 0 Å². The van der Waals surface area contributed by atoms with E-state index in [-0.39, 0.29) is 5.41 Å². The molecule has 1 aromatic heterocycles. The molecule has 8 aromatic carbocycles. The molecule has 1 aliphatic carbocycles. The van der Waals surface area contributed by atoms with Gasteiger partial charge in [-0.2, -0.15) is 0 Å². The maximum absolute atomic E-state index is 6.98. The molecule has 10 rings (SSSR count). The van der Waals surface area contributed by atoms with Gasteiger partial charge in [-0.1, -0.05) is 166 Å². The zero-order valence-corrected chi connectivity index (χ0v) is 29.2. The number of allylic oxidation sites excluding steroid dienone is 3. The lowest BCUT2D eigenvalue weighted by Gasteiger charge is -2.21. The van der Waals surface area contributed by atoms with Gasteiger partial charge < -0.3 is 4.42 Å². The zero-order chi connectivity index (χ0) is 34.7. The van der Waals surface area contributed by atoms with Crippen LogP contribution in [0.3, 0.4) is 0 Å². The predicted molar refractivity (Wildman–Crippen MR) is 220 cm³/mol. The summed E-state index contributed by atoms with van der Waals surface area (Å²) in [6.45, 7) is 10.1. The molecule has 0 N–H and O–H groups in total. The van der Waals surface area contributed by atoms with E-state index < -0.39 is 0 Å². The fraction of sp³-hybridized carbons (Fsp3) is 0.0800. The highest BCUT2D eigenvalue weighted by molar-refractivity contribution is 6.32. The molecule has 9 aromatic rings. The number of rotatable bonds is 3. The Morgan fingerprint density at radius 1 is 0.471 bits per heavy atom. The van der Waals surface area contributed by atoms with Gasteiger partial charge >= 0.3 is 0 Å². The lowest BCUT2D eigenvalue weighted by Crippen LogP contribution is -2.14. The van der Waals surface area contributed by atoms with Crippen molar-refractivity contribution in [3.63, 3.8) is 0 Å². The lowest BCUT2D eigenvalue weighted by molar-refractivity contribution is 0.660. The van der Waals surface area contributed by atoms with Crippen molar-refractivity contribution >= 4 is 54.3 Å². The average Bonchev–Trinajstić information content (AvgIpc) is 3.67. The van der Waals surface area contributed by atoms with Gasteiger partial charge in [-0.05, 0) is 91.0 Å².